The van der Waals surface area contributed by atoms with E-state index in [9.17, 15) is 22.4 Å². The third-order valence-electron chi connectivity index (χ3n) is 3.57. The summed E-state index contributed by atoms with van der Waals surface area (Å²) in [6.07, 6.45) is 3.55. The van der Waals surface area contributed by atoms with E-state index >= 15 is 0 Å². The van der Waals surface area contributed by atoms with Gasteiger partial charge in [-0.3, -0.25) is 4.79 Å². The zero-order valence-corrected chi connectivity index (χ0v) is 11.6. The molecule has 0 heterocycles. The number of hydrogen-bond donors (Lipinski definition) is 0. The molecule has 0 atom stereocenters. The third kappa shape index (κ3) is 4.62. The average molecular weight is 292 g/mol. The smallest absolute Gasteiger partial charge is 0.261 e. The third-order valence-corrected chi connectivity index (χ3v) is 3.57. The maximum absolute atomic E-state index is 12.4. The highest BCUT2D eigenvalue weighted by Gasteiger charge is 2.23. The number of benzene rings is 1. The number of aryl methyl sites for hydroxylation is 1. The number of carbonyl (C=O) groups excluding carboxylic acids is 1. The van der Waals surface area contributed by atoms with Crippen molar-refractivity contribution in [3.8, 4) is 0 Å². The quantitative estimate of drug-likeness (QED) is 0.406. The molecule has 1 nitrogen and oxygen atoms in total. The van der Waals surface area contributed by atoms with Gasteiger partial charge in [0, 0.05) is 7.34 Å². The molecule has 0 saturated heterocycles. The van der Waals surface area contributed by atoms with Crippen molar-refractivity contribution in [1.29, 1.82) is 0 Å². The summed E-state index contributed by atoms with van der Waals surface area (Å²) in [6.45, 7) is 3.52. The van der Waals surface area contributed by atoms with Gasteiger partial charge in [-0.05, 0) is 50.2 Å². The Labute approximate surface area is 117 Å². The zero-order chi connectivity index (χ0) is 15.3. The number of halogens is 4. The van der Waals surface area contributed by atoms with Crippen LogP contribution in [-0.4, -0.2) is 6.04 Å². The summed E-state index contributed by atoms with van der Waals surface area (Å²) in [5, 5.41) is 0. The second-order valence-electron chi connectivity index (χ2n) is 5.25. The molecule has 0 aliphatic heterocycles. The van der Waals surface area contributed by atoms with E-state index in [2.05, 4.69) is 6.92 Å². The maximum atomic E-state index is 12.4. The zero-order valence-electron chi connectivity index (χ0n) is 11.6. The SMILES string of the molecule is CC1CCC(C(=O)F)CC1.Cc1ccc(F)c(F)c1F.[HH]. The number of carbonyl (C=O) groups is 1. The predicted molar refractivity (Wildman–Crippen MR) is 70.4 cm³/mol. The first-order valence-corrected chi connectivity index (χ1v) is 6.62. The minimum absolute atomic E-state index is 0. The van der Waals surface area contributed by atoms with E-state index in [-0.39, 0.29) is 12.9 Å². The van der Waals surface area contributed by atoms with Gasteiger partial charge in [0.15, 0.2) is 17.5 Å². The fourth-order valence-corrected chi connectivity index (χ4v) is 2.11. The van der Waals surface area contributed by atoms with Crippen LogP contribution in [0.25, 0.3) is 0 Å². The van der Waals surface area contributed by atoms with Crippen molar-refractivity contribution in [2.24, 2.45) is 11.8 Å². The maximum Gasteiger partial charge on any atom is 0.304 e. The Morgan fingerprint density at radius 3 is 2.10 bits per heavy atom. The van der Waals surface area contributed by atoms with Crippen molar-refractivity contribution in [2.75, 3.05) is 0 Å². The van der Waals surface area contributed by atoms with Gasteiger partial charge in [0.25, 0.3) is 0 Å². The van der Waals surface area contributed by atoms with Crippen LogP contribution in [0.3, 0.4) is 0 Å². The van der Waals surface area contributed by atoms with Gasteiger partial charge < -0.3 is 0 Å². The lowest BCUT2D eigenvalue weighted by atomic mass is 9.83. The van der Waals surface area contributed by atoms with Crippen LogP contribution in [0.2, 0.25) is 0 Å². The molecule has 0 unspecified atom stereocenters. The first-order chi connectivity index (χ1) is 9.32. The summed E-state index contributed by atoms with van der Waals surface area (Å²) >= 11 is 0. The lowest BCUT2D eigenvalue weighted by Crippen LogP contribution is -2.17. The molecular formula is C15H20F4O. The Morgan fingerprint density at radius 1 is 1.10 bits per heavy atom. The van der Waals surface area contributed by atoms with Gasteiger partial charge in [0.2, 0.25) is 0 Å². The topological polar surface area (TPSA) is 17.1 Å². The highest BCUT2D eigenvalue weighted by atomic mass is 19.2. The Balaban J connectivity index is 0.000000364. The van der Waals surface area contributed by atoms with Crippen molar-refractivity contribution in [3.05, 3.63) is 35.1 Å². The van der Waals surface area contributed by atoms with Crippen molar-refractivity contribution < 1.29 is 23.8 Å². The standard InChI is InChI=1S/C8H13FO.C7H5F3.H2/c1-6-2-4-7(5-3-6)8(9)10;1-4-2-3-5(8)7(10)6(4)9;/h6-7H,2-5H2,1H3;2-3H,1H3;1H. The molecule has 0 bridgehead atoms. The molecule has 0 spiro atoms. The summed E-state index contributed by atoms with van der Waals surface area (Å²) in [5.41, 5.74) is 0.110. The van der Waals surface area contributed by atoms with Crippen molar-refractivity contribution in [2.45, 2.75) is 39.5 Å². The molecule has 0 radical (unpaired) electrons. The van der Waals surface area contributed by atoms with Crippen LogP contribution < -0.4 is 0 Å². The van der Waals surface area contributed by atoms with Crippen molar-refractivity contribution in [3.63, 3.8) is 0 Å². The summed E-state index contributed by atoms with van der Waals surface area (Å²) in [6, 6.07) is 0.980. The van der Waals surface area contributed by atoms with Crippen LogP contribution >= 0.6 is 0 Å². The lowest BCUT2D eigenvalue weighted by molar-refractivity contribution is -0.134. The van der Waals surface area contributed by atoms with E-state index in [0.29, 0.717) is 5.92 Å². The van der Waals surface area contributed by atoms with Gasteiger partial charge in [-0.1, -0.05) is 13.0 Å². The molecule has 1 aliphatic rings. The molecule has 0 N–H and O–H groups in total. The summed E-state index contributed by atoms with van der Waals surface area (Å²) in [5.74, 6) is -3.24. The molecule has 0 aromatic heterocycles. The van der Waals surface area contributed by atoms with E-state index in [1.807, 2.05) is 0 Å². The van der Waals surface area contributed by atoms with Gasteiger partial charge >= 0.3 is 6.04 Å². The van der Waals surface area contributed by atoms with E-state index in [0.717, 1.165) is 31.7 Å². The fourth-order valence-electron chi connectivity index (χ4n) is 2.11. The molecule has 20 heavy (non-hydrogen) atoms. The Kier molecular flexibility index (Phi) is 6.17. The normalized spacial score (nSPS) is 21.9. The van der Waals surface area contributed by atoms with Crippen LogP contribution in [0.4, 0.5) is 17.6 Å². The monoisotopic (exact) mass is 292 g/mol. The first kappa shape index (κ1) is 16.7. The first-order valence-electron chi connectivity index (χ1n) is 6.62. The van der Waals surface area contributed by atoms with Crippen LogP contribution in [-0.2, 0) is 4.79 Å². The summed E-state index contributed by atoms with van der Waals surface area (Å²) < 4.78 is 48.8. The molecule has 0 amide bonds. The van der Waals surface area contributed by atoms with Crippen LogP contribution in [0.5, 0.6) is 0 Å². The van der Waals surface area contributed by atoms with E-state index in [1.165, 1.54) is 13.0 Å². The van der Waals surface area contributed by atoms with Gasteiger partial charge in [0.05, 0.1) is 0 Å². The van der Waals surface area contributed by atoms with Gasteiger partial charge in [-0.2, -0.15) is 4.39 Å². The van der Waals surface area contributed by atoms with Crippen LogP contribution in [0, 0.1) is 36.2 Å². The molecule has 1 aromatic rings. The average Bonchev–Trinajstić information content (AvgIpc) is 2.42. The lowest BCUT2D eigenvalue weighted by Gasteiger charge is -2.22. The number of hydrogen-bond acceptors (Lipinski definition) is 1. The highest BCUT2D eigenvalue weighted by Crippen LogP contribution is 2.28. The van der Waals surface area contributed by atoms with Gasteiger partial charge in [0.1, 0.15) is 0 Å². The Bertz CT molecular complexity index is 444. The highest BCUT2D eigenvalue weighted by molar-refractivity contribution is 5.70. The fraction of sp³-hybridized carbons (Fsp3) is 0.533. The molecule has 1 fully saturated rings. The van der Waals surface area contributed by atoms with Gasteiger partial charge in [-0.25, -0.2) is 13.2 Å². The molecule has 5 heteroatoms. The second kappa shape index (κ2) is 7.41. The van der Waals surface area contributed by atoms with E-state index < -0.39 is 23.5 Å². The molecule has 1 aliphatic carbocycles. The molecule has 1 aromatic carbocycles. The Morgan fingerprint density at radius 2 is 1.65 bits per heavy atom. The molecular weight excluding hydrogens is 272 g/mol. The molecule has 114 valence electrons. The van der Waals surface area contributed by atoms with Crippen LogP contribution in [0.1, 0.15) is 39.6 Å². The minimum Gasteiger partial charge on any atom is -0.261 e. The van der Waals surface area contributed by atoms with E-state index in [1.54, 1.807) is 0 Å². The number of rotatable bonds is 1. The summed E-state index contributed by atoms with van der Waals surface area (Å²) in [7, 11) is 0. The largest absolute Gasteiger partial charge is 0.304 e. The summed E-state index contributed by atoms with van der Waals surface area (Å²) in [4.78, 5) is 10.2. The second-order valence-corrected chi connectivity index (χ2v) is 5.25. The minimum atomic E-state index is -1.40. The Hall–Kier alpha value is -1.39. The van der Waals surface area contributed by atoms with Crippen LogP contribution in [0.15, 0.2) is 12.1 Å². The molecule has 1 saturated carbocycles. The van der Waals surface area contributed by atoms with Gasteiger partial charge in [-0.15, -0.1) is 0 Å². The van der Waals surface area contributed by atoms with E-state index in [4.69, 9.17) is 0 Å². The predicted octanol–water partition coefficient (Wildman–Crippen LogP) is 4.97. The van der Waals surface area contributed by atoms with Crippen molar-refractivity contribution >= 4 is 6.04 Å². The van der Waals surface area contributed by atoms with Crippen molar-refractivity contribution in [1.82, 2.24) is 0 Å². The molecule has 2 rings (SSSR count).